The number of pyridine rings is 1. The van der Waals surface area contributed by atoms with E-state index >= 15 is 0 Å². The van der Waals surface area contributed by atoms with E-state index in [1.165, 1.54) is 0 Å². The molecule has 4 rings (SSSR count). The molecule has 0 bridgehead atoms. The highest BCUT2D eigenvalue weighted by atomic mass is 16.6. The summed E-state index contributed by atoms with van der Waals surface area (Å²) in [6, 6.07) is 5.79. The fourth-order valence-corrected chi connectivity index (χ4v) is 3.68. The van der Waals surface area contributed by atoms with Crippen LogP contribution in [0.1, 0.15) is 33.6 Å². The number of amides is 1. The Morgan fingerprint density at radius 2 is 2.00 bits per heavy atom. The van der Waals surface area contributed by atoms with Gasteiger partial charge in [0.05, 0.1) is 6.20 Å². The lowest BCUT2D eigenvalue weighted by atomic mass is 9.97. The number of rotatable bonds is 2. The van der Waals surface area contributed by atoms with Crippen LogP contribution in [0, 0.1) is 5.92 Å². The molecule has 0 saturated carbocycles. The molecule has 0 aliphatic carbocycles. The monoisotopic (exact) mass is 356 g/mol. The molecular formula is C19H24N4O3. The Bertz CT molecular complexity index is 990. The van der Waals surface area contributed by atoms with Crippen LogP contribution in [0.2, 0.25) is 0 Å². The minimum Gasteiger partial charge on any atom is -0.444 e. The van der Waals surface area contributed by atoms with Gasteiger partial charge < -0.3 is 9.64 Å². The van der Waals surface area contributed by atoms with E-state index in [0.29, 0.717) is 31.1 Å². The van der Waals surface area contributed by atoms with Gasteiger partial charge >= 0.3 is 6.09 Å². The third kappa shape index (κ3) is 2.91. The molecule has 3 aromatic rings. The maximum absolute atomic E-state index is 12.7. The minimum absolute atomic E-state index is 0.00766. The normalized spacial score (nSPS) is 16.7. The molecule has 1 aliphatic rings. The van der Waals surface area contributed by atoms with E-state index in [1.54, 1.807) is 11.1 Å². The first kappa shape index (κ1) is 16.9. The fraction of sp³-hybridized carbons (Fsp3) is 0.526. The van der Waals surface area contributed by atoms with E-state index in [-0.39, 0.29) is 11.7 Å². The second-order valence-corrected chi connectivity index (χ2v) is 8.05. The Morgan fingerprint density at radius 3 is 2.69 bits per heavy atom. The predicted molar refractivity (Wildman–Crippen MR) is 98.7 cm³/mol. The van der Waals surface area contributed by atoms with Gasteiger partial charge in [-0.3, -0.25) is 13.8 Å². The number of aromatic nitrogens is 3. The van der Waals surface area contributed by atoms with Gasteiger partial charge in [0.25, 0.3) is 5.56 Å². The first-order valence-electron chi connectivity index (χ1n) is 9.10. The summed E-state index contributed by atoms with van der Waals surface area (Å²) in [7, 11) is 0. The van der Waals surface area contributed by atoms with Crippen molar-refractivity contribution < 1.29 is 9.53 Å². The average Bonchev–Trinajstić information content (AvgIpc) is 3.12. The number of ether oxygens (including phenoxy) is 1. The molecule has 0 unspecified atom stereocenters. The highest BCUT2D eigenvalue weighted by Gasteiger charge is 2.28. The van der Waals surface area contributed by atoms with Crippen LogP contribution in [0.4, 0.5) is 4.79 Å². The van der Waals surface area contributed by atoms with E-state index in [2.05, 4.69) is 4.98 Å². The SMILES string of the molecule is CC(C)(C)OC(=O)N1CCC(Cn2c(=O)c3cnc4cccc2n43)CC1. The molecular weight excluding hydrogens is 332 g/mol. The Kier molecular flexibility index (Phi) is 3.89. The summed E-state index contributed by atoms with van der Waals surface area (Å²) in [5.41, 5.74) is 1.84. The summed E-state index contributed by atoms with van der Waals surface area (Å²) >= 11 is 0. The van der Waals surface area contributed by atoms with Crippen LogP contribution in [0.5, 0.6) is 0 Å². The highest BCUT2D eigenvalue weighted by molar-refractivity contribution is 5.68. The summed E-state index contributed by atoms with van der Waals surface area (Å²) in [4.78, 5) is 31.0. The minimum atomic E-state index is -0.476. The lowest BCUT2D eigenvalue weighted by molar-refractivity contribution is 0.0178. The van der Waals surface area contributed by atoms with Gasteiger partial charge in [-0.05, 0) is 51.7 Å². The van der Waals surface area contributed by atoms with Crippen molar-refractivity contribution in [3.63, 3.8) is 0 Å². The molecule has 0 radical (unpaired) electrons. The zero-order valence-corrected chi connectivity index (χ0v) is 15.4. The van der Waals surface area contributed by atoms with E-state index in [4.69, 9.17) is 4.74 Å². The van der Waals surface area contributed by atoms with Gasteiger partial charge in [-0.15, -0.1) is 0 Å². The summed E-state index contributed by atoms with van der Waals surface area (Å²) in [5, 5.41) is 0. The van der Waals surface area contributed by atoms with Crippen LogP contribution in [-0.2, 0) is 11.3 Å². The van der Waals surface area contributed by atoms with Crippen molar-refractivity contribution in [1.82, 2.24) is 18.9 Å². The molecule has 1 saturated heterocycles. The molecule has 0 spiro atoms. The van der Waals surface area contributed by atoms with Gasteiger partial charge in [-0.25, -0.2) is 9.78 Å². The standard InChI is InChI=1S/C19H24N4O3/c1-19(2,3)26-18(25)21-9-7-13(8-10-21)12-22-16-6-4-5-15-20-11-14(17(22)24)23(15)16/h4-6,11,13H,7-10,12H2,1-3H3. The van der Waals surface area contributed by atoms with Crippen LogP contribution in [0.25, 0.3) is 16.8 Å². The second-order valence-electron chi connectivity index (χ2n) is 8.05. The largest absolute Gasteiger partial charge is 0.444 e. The number of likely N-dealkylation sites (tertiary alicyclic amines) is 1. The molecule has 7 heteroatoms. The lowest BCUT2D eigenvalue weighted by Gasteiger charge is -2.33. The van der Waals surface area contributed by atoms with Crippen molar-refractivity contribution in [2.45, 2.75) is 45.8 Å². The van der Waals surface area contributed by atoms with Gasteiger partial charge in [0, 0.05) is 19.6 Å². The Morgan fingerprint density at radius 1 is 1.27 bits per heavy atom. The molecule has 0 N–H and O–H groups in total. The third-order valence-corrected chi connectivity index (χ3v) is 4.96. The maximum atomic E-state index is 12.7. The molecule has 1 amide bonds. The third-order valence-electron chi connectivity index (χ3n) is 4.96. The average molecular weight is 356 g/mol. The number of hydrogen-bond donors (Lipinski definition) is 0. The number of imidazole rings is 2. The van der Waals surface area contributed by atoms with Gasteiger partial charge in [0.15, 0.2) is 0 Å². The van der Waals surface area contributed by atoms with E-state index < -0.39 is 5.60 Å². The first-order valence-corrected chi connectivity index (χ1v) is 9.10. The molecule has 3 aromatic heterocycles. The van der Waals surface area contributed by atoms with Gasteiger partial charge in [0.1, 0.15) is 22.4 Å². The molecule has 138 valence electrons. The Balaban J connectivity index is 1.47. The van der Waals surface area contributed by atoms with Gasteiger partial charge in [0.2, 0.25) is 0 Å². The van der Waals surface area contributed by atoms with Crippen LogP contribution in [0.15, 0.2) is 29.2 Å². The topological polar surface area (TPSA) is 68.8 Å². The zero-order chi connectivity index (χ0) is 18.5. The molecule has 26 heavy (non-hydrogen) atoms. The molecule has 0 atom stereocenters. The van der Waals surface area contributed by atoms with Gasteiger partial charge in [-0.1, -0.05) is 6.07 Å². The molecule has 1 aliphatic heterocycles. The molecule has 7 nitrogen and oxygen atoms in total. The molecule has 4 heterocycles. The number of piperidine rings is 1. The van der Waals surface area contributed by atoms with Crippen LogP contribution in [0.3, 0.4) is 0 Å². The number of carbonyl (C=O) groups excluding carboxylic acids is 1. The summed E-state index contributed by atoms with van der Waals surface area (Å²) in [6.07, 6.45) is 3.13. The maximum Gasteiger partial charge on any atom is 0.410 e. The van der Waals surface area contributed by atoms with Crippen molar-refractivity contribution >= 4 is 22.9 Å². The summed E-state index contributed by atoms with van der Waals surface area (Å²) < 4.78 is 9.21. The van der Waals surface area contributed by atoms with Crippen molar-refractivity contribution in [2.24, 2.45) is 5.92 Å². The summed E-state index contributed by atoms with van der Waals surface area (Å²) in [6.45, 7) is 7.63. The smallest absolute Gasteiger partial charge is 0.410 e. The predicted octanol–water partition coefficient (Wildman–Crippen LogP) is 2.73. The quantitative estimate of drug-likeness (QED) is 0.708. The summed E-state index contributed by atoms with van der Waals surface area (Å²) in [5.74, 6) is 0.366. The second kappa shape index (κ2) is 6.00. The number of carbonyl (C=O) groups is 1. The first-order chi connectivity index (χ1) is 12.3. The van der Waals surface area contributed by atoms with Crippen molar-refractivity contribution in [2.75, 3.05) is 13.1 Å². The van der Waals surface area contributed by atoms with E-state index in [1.807, 2.05) is 47.9 Å². The molecule has 1 fully saturated rings. The van der Waals surface area contributed by atoms with E-state index in [9.17, 15) is 9.59 Å². The Labute approximate surface area is 151 Å². The number of hydrogen-bond acceptors (Lipinski definition) is 4. The Hall–Kier alpha value is -2.57. The highest BCUT2D eigenvalue weighted by Crippen LogP contribution is 2.22. The zero-order valence-electron chi connectivity index (χ0n) is 15.4. The molecule has 0 aromatic carbocycles. The van der Waals surface area contributed by atoms with Crippen LogP contribution < -0.4 is 5.56 Å². The van der Waals surface area contributed by atoms with E-state index in [0.717, 1.165) is 24.1 Å². The van der Waals surface area contributed by atoms with Gasteiger partial charge in [-0.2, -0.15) is 0 Å². The van der Waals surface area contributed by atoms with Crippen LogP contribution in [-0.4, -0.2) is 43.6 Å². The van der Waals surface area contributed by atoms with Crippen molar-refractivity contribution in [3.8, 4) is 0 Å². The fourth-order valence-electron chi connectivity index (χ4n) is 3.68. The lowest BCUT2D eigenvalue weighted by Crippen LogP contribution is -2.42. The number of nitrogens with zero attached hydrogens (tertiary/aromatic N) is 4. The van der Waals surface area contributed by atoms with Crippen molar-refractivity contribution in [1.29, 1.82) is 0 Å². The van der Waals surface area contributed by atoms with Crippen LogP contribution >= 0.6 is 0 Å². The van der Waals surface area contributed by atoms with Crippen molar-refractivity contribution in [3.05, 3.63) is 34.7 Å².